The molecule has 1 saturated heterocycles. The van der Waals surface area contributed by atoms with Crippen LogP contribution in [0.1, 0.15) is 6.42 Å². The number of allylic oxidation sites excluding steroid dienone is 3. The molecule has 0 atom stereocenters. The number of thioether (sulfide) groups is 1. The summed E-state index contributed by atoms with van der Waals surface area (Å²) in [5.74, 6) is 0. The lowest BCUT2D eigenvalue weighted by molar-refractivity contribution is 0.112. The number of anilines is 1. The summed E-state index contributed by atoms with van der Waals surface area (Å²) in [5.41, 5.74) is 5.61. The van der Waals surface area contributed by atoms with Gasteiger partial charge in [0.05, 0.1) is 23.0 Å². The number of fused-ring (bicyclic) bond motifs is 1. The van der Waals surface area contributed by atoms with E-state index in [1.807, 2.05) is 12.2 Å². The zero-order valence-corrected chi connectivity index (χ0v) is 17.6. The van der Waals surface area contributed by atoms with Gasteiger partial charge in [-0.2, -0.15) is 0 Å². The van der Waals surface area contributed by atoms with Gasteiger partial charge in [-0.15, -0.1) is 5.73 Å². The number of aliphatic hydroxyl groups is 1. The lowest BCUT2D eigenvalue weighted by atomic mass is 10.2. The molecule has 148 valence electrons. The van der Waals surface area contributed by atoms with Crippen molar-refractivity contribution < 1.29 is 5.11 Å². The maximum absolute atomic E-state index is 9.09. The van der Waals surface area contributed by atoms with Gasteiger partial charge in [0, 0.05) is 49.1 Å². The van der Waals surface area contributed by atoms with Crippen molar-refractivity contribution in [2.45, 2.75) is 11.3 Å². The standard InChI is InChI=1S/C22H26ClN3OS/c23-18-5-3-8-22-20(17-18)26(19-6-1-2-7-21(19)28-22)10-4-9-24-11-13-25(14-12-24)15-16-27/h1-2,5-8,17,27H,4,9-16H2. The number of halogens is 1. The van der Waals surface area contributed by atoms with Crippen LogP contribution < -0.4 is 4.90 Å². The van der Waals surface area contributed by atoms with Gasteiger partial charge in [-0.3, -0.25) is 4.90 Å². The normalized spacial score (nSPS) is 20.1. The Hall–Kier alpha value is -1.46. The molecule has 28 heavy (non-hydrogen) atoms. The molecule has 6 heteroatoms. The summed E-state index contributed by atoms with van der Waals surface area (Å²) in [6.45, 7) is 7.36. The maximum atomic E-state index is 9.09. The molecule has 0 bridgehead atoms. The van der Waals surface area contributed by atoms with E-state index in [0.29, 0.717) is 5.03 Å². The minimum Gasteiger partial charge on any atom is -0.395 e. The third-order valence-electron chi connectivity index (χ3n) is 5.37. The molecule has 1 aromatic carbocycles. The second kappa shape index (κ2) is 9.36. The summed E-state index contributed by atoms with van der Waals surface area (Å²) in [6.07, 6.45) is 7.02. The number of benzene rings is 1. The summed E-state index contributed by atoms with van der Waals surface area (Å²) in [6, 6.07) is 8.59. The Kier molecular flexibility index (Phi) is 6.63. The predicted molar refractivity (Wildman–Crippen MR) is 118 cm³/mol. The quantitative estimate of drug-likeness (QED) is 0.716. The zero-order chi connectivity index (χ0) is 19.3. The first-order valence-corrected chi connectivity index (χ1v) is 11.1. The van der Waals surface area contributed by atoms with E-state index in [2.05, 4.69) is 50.8 Å². The van der Waals surface area contributed by atoms with Gasteiger partial charge in [-0.1, -0.05) is 35.5 Å². The highest BCUT2D eigenvalue weighted by Crippen LogP contribution is 2.45. The van der Waals surface area contributed by atoms with Crippen molar-refractivity contribution >= 4 is 29.1 Å². The van der Waals surface area contributed by atoms with Crippen molar-refractivity contribution in [3.05, 3.63) is 63.9 Å². The number of rotatable bonds is 6. The molecule has 3 aliphatic rings. The fourth-order valence-electron chi connectivity index (χ4n) is 3.89. The highest BCUT2D eigenvalue weighted by atomic mass is 35.5. The number of aliphatic hydroxyl groups excluding tert-OH is 1. The van der Waals surface area contributed by atoms with Gasteiger partial charge in [0.1, 0.15) is 0 Å². The van der Waals surface area contributed by atoms with E-state index in [4.69, 9.17) is 16.7 Å². The average molecular weight is 416 g/mol. The van der Waals surface area contributed by atoms with Crippen molar-refractivity contribution in [1.29, 1.82) is 0 Å². The smallest absolute Gasteiger partial charge is 0.0574 e. The highest BCUT2D eigenvalue weighted by Gasteiger charge is 2.24. The largest absolute Gasteiger partial charge is 0.395 e. The van der Waals surface area contributed by atoms with Crippen molar-refractivity contribution in [3.8, 4) is 0 Å². The molecular weight excluding hydrogens is 390 g/mol. The van der Waals surface area contributed by atoms with Crippen LogP contribution >= 0.6 is 23.4 Å². The Balaban J connectivity index is 1.43. The number of piperazine rings is 1. The van der Waals surface area contributed by atoms with Crippen LogP contribution in [0.3, 0.4) is 0 Å². The van der Waals surface area contributed by atoms with Gasteiger partial charge in [0.2, 0.25) is 0 Å². The van der Waals surface area contributed by atoms with Crippen LogP contribution in [0.2, 0.25) is 0 Å². The molecule has 0 spiro atoms. The summed E-state index contributed by atoms with van der Waals surface area (Å²) >= 11 is 8.14. The third kappa shape index (κ3) is 4.57. The SMILES string of the molecule is OCCN1CCN(CCCN2C3=C(C=C=CC(Cl)=C3)Sc3ccccc32)CC1. The van der Waals surface area contributed by atoms with E-state index >= 15 is 0 Å². The van der Waals surface area contributed by atoms with E-state index in [1.54, 1.807) is 11.8 Å². The van der Waals surface area contributed by atoms with Gasteiger partial charge in [-0.05, 0) is 43.3 Å². The summed E-state index contributed by atoms with van der Waals surface area (Å²) in [7, 11) is 0. The number of hydrogen-bond acceptors (Lipinski definition) is 5. The topological polar surface area (TPSA) is 30.0 Å². The van der Waals surface area contributed by atoms with Crippen molar-refractivity contribution in [3.63, 3.8) is 0 Å². The van der Waals surface area contributed by atoms with Crippen molar-refractivity contribution in [2.75, 3.05) is 57.3 Å². The fourth-order valence-corrected chi connectivity index (χ4v) is 5.13. The van der Waals surface area contributed by atoms with E-state index in [-0.39, 0.29) is 6.61 Å². The van der Waals surface area contributed by atoms with E-state index < -0.39 is 0 Å². The molecule has 2 aliphatic heterocycles. The maximum Gasteiger partial charge on any atom is 0.0574 e. The first-order chi connectivity index (χ1) is 13.7. The van der Waals surface area contributed by atoms with Crippen LogP contribution in [0.25, 0.3) is 0 Å². The minimum atomic E-state index is 0.253. The third-order valence-corrected chi connectivity index (χ3v) is 6.70. The molecule has 0 saturated carbocycles. The van der Waals surface area contributed by atoms with Crippen LogP contribution in [0.5, 0.6) is 0 Å². The van der Waals surface area contributed by atoms with Gasteiger partial charge in [0.15, 0.2) is 0 Å². The van der Waals surface area contributed by atoms with Gasteiger partial charge in [0.25, 0.3) is 0 Å². The average Bonchev–Trinajstić information content (AvgIpc) is 2.89. The fraction of sp³-hybridized carbons (Fsp3) is 0.409. The second-order valence-electron chi connectivity index (χ2n) is 7.22. The van der Waals surface area contributed by atoms with Crippen LogP contribution in [-0.4, -0.2) is 67.3 Å². The van der Waals surface area contributed by atoms with Crippen molar-refractivity contribution in [2.24, 2.45) is 0 Å². The summed E-state index contributed by atoms with van der Waals surface area (Å²) in [5, 5.41) is 9.81. The summed E-state index contributed by atoms with van der Waals surface area (Å²) < 4.78 is 0. The van der Waals surface area contributed by atoms with Gasteiger partial charge < -0.3 is 14.9 Å². The Morgan fingerprint density at radius 1 is 1.00 bits per heavy atom. The number of para-hydroxylation sites is 1. The van der Waals surface area contributed by atoms with Gasteiger partial charge in [-0.25, -0.2) is 0 Å². The Morgan fingerprint density at radius 3 is 2.54 bits per heavy atom. The lowest BCUT2D eigenvalue weighted by Gasteiger charge is -2.36. The molecule has 0 amide bonds. The van der Waals surface area contributed by atoms with Crippen LogP contribution in [-0.2, 0) is 0 Å². The second-order valence-corrected chi connectivity index (χ2v) is 8.74. The molecule has 0 unspecified atom stereocenters. The van der Waals surface area contributed by atoms with E-state index in [0.717, 1.165) is 52.2 Å². The van der Waals surface area contributed by atoms with Crippen LogP contribution in [0.15, 0.2) is 68.8 Å². The molecule has 0 aromatic heterocycles. The molecule has 1 aromatic rings. The Labute approximate surface area is 176 Å². The molecule has 1 aliphatic carbocycles. The van der Waals surface area contributed by atoms with Crippen LogP contribution in [0.4, 0.5) is 5.69 Å². The number of nitrogens with zero attached hydrogens (tertiary/aromatic N) is 3. The highest BCUT2D eigenvalue weighted by molar-refractivity contribution is 8.03. The van der Waals surface area contributed by atoms with Crippen molar-refractivity contribution in [1.82, 2.24) is 9.80 Å². The predicted octanol–water partition coefficient (Wildman–Crippen LogP) is 3.66. The minimum absolute atomic E-state index is 0.253. The molecule has 4 nitrogen and oxygen atoms in total. The molecule has 4 rings (SSSR count). The number of β-amino-alcohol motifs (C(OH)–C–C–N with tert-alkyl or cyclic N) is 1. The molecule has 1 N–H and O–H groups in total. The first kappa shape index (κ1) is 19.8. The van der Waals surface area contributed by atoms with E-state index in [9.17, 15) is 0 Å². The zero-order valence-electron chi connectivity index (χ0n) is 16.0. The van der Waals surface area contributed by atoms with Gasteiger partial charge >= 0.3 is 0 Å². The molecule has 1 fully saturated rings. The lowest BCUT2D eigenvalue weighted by Crippen LogP contribution is -2.47. The molecule has 0 radical (unpaired) electrons. The van der Waals surface area contributed by atoms with E-state index in [1.165, 1.54) is 21.2 Å². The Bertz CT molecular complexity index is 836. The molecule has 2 heterocycles. The van der Waals surface area contributed by atoms with Crippen LogP contribution in [0, 0.1) is 0 Å². The monoisotopic (exact) mass is 415 g/mol. The molecular formula is C22H26ClN3OS. The first-order valence-electron chi connectivity index (χ1n) is 9.88. The number of hydrogen-bond donors (Lipinski definition) is 1. The summed E-state index contributed by atoms with van der Waals surface area (Å²) in [4.78, 5) is 9.75. The Morgan fingerprint density at radius 2 is 1.75 bits per heavy atom.